The van der Waals surface area contributed by atoms with Gasteiger partial charge in [-0.25, -0.2) is 0 Å². The zero-order valence-corrected chi connectivity index (χ0v) is 12.8. The summed E-state index contributed by atoms with van der Waals surface area (Å²) in [7, 11) is 0. The Morgan fingerprint density at radius 1 is 1.20 bits per heavy atom. The lowest BCUT2D eigenvalue weighted by molar-refractivity contribution is -0.158. The standard InChI is InChI=1S/C16H22O4/c1-6-19-15(18)16(4,5)14(17)10-20-13-9-7-8-11(2)12(13)3/h7-9H,6,10H2,1-5H3. The summed E-state index contributed by atoms with van der Waals surface area (Å²) in [6.07, 6.45) is 0. The van der Waals surface area contributed by atoms with E-state index in [1.54, 1.807) is 20.8 Å². The van der Waals surface area contributed by atoms with E-state index in [0.29, 0.717) is 5.75 Å². The molecule has 0 N–H and O–H groups in total. The van der Waals surface area contributed by atoms with Gasteiger partial charge in [-0.1, -0.05) is 12.1 Å². The van der Waals surface area contributed by atoms with E-state index in [2.05, 4.69) is 0 Å². The zero-order chi connectivity index (χ0) is 15.3. The Kier molecular flexibility index (Phi) is 5.31. The van der Waals surface area contributed by atoms with Crippen molar-refractivity contribution in [3.8, 4) is 5.75 Å². The Morgan fingerprint density at radius 3 is 2.45 bits per heavy atom. The van der Waals surface area contributed by atoms with Gasteiger partial charge in [-0.3, -0.25) is 9.59 Å². The van der Waals surface area contributed by atoms with E-state index in [1.807, 2.05) is 32.0 Å². The van der Waals surface area contributed by atoms with Gasteiger partial charge < -0.3 is 9.47 Å². The van der Waals surface area contributed by atoms with Crippen LogP contribution in [0.15, 0.2) is 18.2 Å². The summed E-state index contributed by atoms with van der Waals surface area (Å²) in [4.78, 5) is 23.9. The van der Waals surface area contributed by atoms with Gasteiger partial charge in [-0.15, -0.1) is 0 Å². The summed E-state index contributed by atoms with van der Waals surface area (Å²) >= 11 is 0. The molecule has 0 aliphatic carbocycles. The summed E-state index contributed by atoms with van der Waals surface area (Å²) < 4.78 is 10.4. The molecule has 0 atom stereocenters. The Balaban J connectivity index is 2.72. The van der Waals surface area contributed by atoms with Crippen molar-refractivity contribution in [3.05, 3.63) is 29.3 Å². The van der Waals surface area contributed by atoms with Gasteiger partial charge in [0.05, 0.1) is 6.61 Å². The van der Waals surface area contributed by atoms with Crippen molar-refractivity contribution < 1.29 is 19.1 Å². The third-order valence-electron chi connectivity index (χ3n) is 3.40. The molecule has 0 amide bonds. The quantitative estimate of drug-likeness (QED) is 0.593. The molecule has 4 heteroatoms. The second-order valence-corrected chi connectivity index (χ2v) is 5.26. The topological polar surface area (TPSA) is 52.6 Å². The van der Waals surface area contributed by atoms with Gasteiger partial charge in [-0.2, -0.15) is 0 Å². The minimum atomic E-state index is -1.19. The van der Waals surface area contributed by atoms with Crippen molar-refractivity contribution in [1.29, 1.82) is 0 Å². The maximum Gasteiger partial charge on any atom is 0.319 e. The summed E-state index contributed by atoms with van der Waals surface area (Å²) in [6.45, 7) is 8.85. The summed E-state index contributed by atoms with van der Waals surface area (Å²) in [5.74, 6) is -0.149. The highest BCUT2D eigenvalue weighted by Gasteiger charge is 2.37. The first-order chi connectivity index (χ1) is 9.30. The van der Waals surface area contributed by atoms with Gasteiger partial charge in [0.2, 0.25) is 0 Å². The first kappa shape index (κ1) is 16.2. The third-order valence-corrected chi connectivity index (χ3v) is 3.40. The van der Waals surface area contributed by atoms with E-state index in [0.717, 1.165) is 11.1 Å². The molecule has 20 heavy (non-hydrogen) atoms. The molecule has 0 aromatic heterocycles. The number of ether oxygens (including phenoxy) is 2. The van der Waals surface area contributed by atoms with Crippen LogP contribution in [0.2, 0.25) is 0 Å². The molecule has 0 radical (unpaired) electrons. The average molecular weight is 278 g/mol. The first-order valence-corrected chi connectivity index (χ1v) is 6.70. The molecule has 0 heterocycles. The maximum absolute atomic E-state index is 12.1. The van der Waals surface area contributed by atoms with Gasteiger partial charge in [0.15, 0.2) is 5.78 Å². The molecule has 0 saturated heterocycles. The molecule has 110 valence electrons. The van der Waals surface area contributed by atoms with Crippen LogP contribution in [0, 0.1) is 19.3 Å². The number of rotatable bonds is 6. The molecule has 0 unspecified atom stereocenters. The van der Waals surface area contributed by atoms with Crippen molar-refractivity contribution >= 4 is 11.8 Å². The van der Waals surface area contributed by atoms with Gasteiger partial charge in [0.25, 0.3) is 0 Å². The van der Waals surface area contributed by atoms with Crippen LogP contribution in [-0.4, -0.2) is 25.0 Å². The molecule has 4 nitrogen and oxygen atoms in total. The van der Waals surface area contributed by atoms with E-state index in [-0.39, 0.29) is 19.0 Å². The molecule has 0 fully saturated rings. The van der Waals surface area contributed by atoms with Crippen LogP contribution in [0.5, 0.6) is 5.75 Å². The minimum Gasteiger partial charge on any atom is -0.486 e. The highest BCUT2D eigenvalue weighted by Crippen LogP contribution is 2.23. The van der Waals surface area contributed by atoms with Crippen LogP contribution < -0.4 is 4.74 Å². The molecular formula is C16H22O4. The van der Waals surface area contributed by atoms with Gasteiger partial charge >= 0.3 is 5.97 Å². The number of hydrogen-bond acceptors (Lipinski definition) is 4. The van der Waals surface area contributed by atoms with E-state index in [1.165, 1.54) is 0 Å². The van der Waals surface area contributed by atoms with E-state index in [4.69, 9.17) is 9.47 Å². The number of hydrogen-bond donors (Lipinski definition) is 0. The Labute approximate surface area is 120 Å². The zero-order valence-electron chi connectivity index (χ0n) is 12.8. The highest BCUT2D eigenvalue weighted by atomic mass is 16.5. The Bertz CT molecular complexity index is 503. The lowest BCUT2D eigenvalue weighted by Gasteiger charge is -2.21. The smallest absolute Gasteiger partial charge is 0.319 e. The lowest BCUT2D eigenvalue weighted by atomic mass is 9.88. The van der Waals surface area contributed by atoms with Crippen LogP contribution in [0.3, 0.4) is 0 Å². The average Bonchev–Trinajstić information content (AvgIpc) is 2.40. The number of Topliss-reactive ketones (excluding diaryl/α,β-unsaturated/α-hetero) is 1. The molecule has 1 aromatic rings. The fourth-order valence-electron chi connectivity index (χ4n) is 1.63. The molecule has 1 aromatic carbocycles. The molecule has 0 saturated carbocycles. The number of benzene rings is 1. The molecule has 0 spiro atoms. The summed E-state index contributed by atoms with van der Waals surface area (Å²) in [5, 5.41) is 0. The predicted octanol–water partition coefficient (Wildman–Crippen LogP) is 2.84. The second-order valence-electron chi connectivity index (χ2n) is 5.26. The van der Waals surface area contributed by atoms with Crippen molar-refractivity contribution in [2.45, 2.75) is 34.6 Å². The van der Waals surface area contributed by atoms with Crippen molar-refractivity contribution in [3.63, 3.8) is 0 Å². The van der Waals surface area contributed by atoms with Crippen LogP contribution in [0.4, 0.5) is 0 Å². The normalized spacial score (nSPS) is 11.1. The van der Waals surface area contributed by atoms with Crippen LogP contribution in [-0.2, 0) is 14.3 Å². The molecule has 0 aliphatic heterocycles. The number of aryl methyl sites for hydroxylation is 1. The number of carbonyl (C=O) groups is 2. The van der Waals surface area contributed by atoms with E-state index < -0.39 is 11.4 Å². The number of esters is 1. The van der Waals surface area contributed by atoms with Gasteiger partial charge in [0, 0.05) is 0 Å². The van der Waals surface area contributed by atoms with Gasteiger partial charge in [-0.05, 0) is 51.8 Å². The fraction of sp³-hybridized carbons (Fsp3) is 0.500. The largest absolute Gasteiger partial charge is 0.486 e. The SMILES string of the molecule is CCOC(=O)C(C)(C)C(=O)COc1cccc(C)c1C. The van der Waals surface area contributed by atoms with Crippen LogP contribution in [0.25, 0.3) is 0 Å². The minimum absolute atomic E-state index is 0.143. The first-order valence-electron chi connectivity index (χ1n) is 6.70. The van der Waals surface area contributed by atoms with E-state index in [9.17, 15) is 9.59 Å². The number of carbonyl (C=O) groups excluding carboxylic acids is 2. The lowest BCUT2D eigenvalue weighted by Crippen LogP contribution is -2.38. The van der Waals surface area contributed by atoms with Crippen LogP contribution >= 0.6 is 0 Å². The fourth-order valence-corrected chi connectivity index (χ4v) is 1.63. The van der Waals surface area contributed by atoms with E-state index >= 15 is 0 Å². The molecular weight excluding hydrogens is 256 g/mol. The molecule has 0 bridgehead atoms. The highest BCUT2D eigenvalue weighted by molar-refractivity contribution is 6.03. The van der Waals surface area contributed by atoms with Crippen molar-refractivity contribution in [2.75, 3.05) is 13.2 Å². The molecule has 0 aliphatic rings. The Morgan fingerprint density at radius 2 is 1.85 bits per heavy atom. The maximum atomic E-state index is 12.1. The van der Waals surface area contributed by atoms with Gasteiger partial charge in [0.1, 0.15) is 17.8 Å². The van der Waals surface area contributed by atoms with Crippen molar-refractivity contribution in [1.82, 2.24) is 0 Å². The Hall–Kier alpha value is -1.84. The summed E-state index contributed by atoms with van der Waals surface area (Å²) in [5.41, 5.74) is 0.905. The summed E-state index contributed by atoms with van der Waals surface area (Å²) in [6, 6.07) is 5.66. The van der Waals surface area contributed by atoms with Crippen LogP contribution in [0.1, 0.15) is 31.9 Å². The predicted molar refractivity (Wildman–Crippen MR) is 76.8 cm³/mol. The molecule has 1 rings (SSSR count). The second kappa shape index (κ2) is 6.55. The van der Waals surface area contributed by atoms with Crippen molar-refractivity contribution in [2.24, 2.45) is 5.41 Å². The third kappa shape index (κ3) is 3.59. The monoisotopic (exact) mass is 278 g/mol. The number of ketones is 1.